The van der Waals surface area contributed by atoms with Crippen molar-refractivity contribution >= 4 is 23.4 Å². The maximum absolute atomic E-state index is 11.6. The number of methoxy groups -OCH3 is 1. The molecule has 2 aromatic rings. The predicted molar refractivity (Wildman–Crippen MR) is 82.0 cm³/mol. The van der Waals surface area contributed by atoms with Crippen molar-refractivity contribution in [2.45, 2.75) is 32.9 Å². The quantitative estimate of drug-likeness (QED) is 0.854. The number of thiazole rings is 1. The molecule has 1 N–H and O–H groups in total. The Balaban J connectivity index is 1.97. The number of carbonyl (C=O) groups excluding carboxylic acids is 2. The van der Waals surface area contributed by atoms with Crippen LogP contribution in [0.5, 0.6) is 0 Å². The van der Waals surface area contributed by atoms with Crippen molar-refractivity contribution in [3.63, 3.8) is 0 Å². The van der Waals surface area contributed by atoms with Gasteiger partial charge >= 0.3 is 12.1 Å². The minimum Gasteiger partial charge on any atom is -0.464 e. The van der Waals surface area contributed by atoms with Gasteiger partial charge < -0.3 is 19.2 Å². The Morgan fingerprint density at radius 2 is 2.09 bits per heavy atom. The third kappa shape index (κ3) is 4.78. The zero-order chi connectivity index (χ0) is 17.0. The number of nitrogens with one attached hydrogen (secondary N) is 1. The number of rotatable bonds is 4. The minimum absolute atomic E-state index is 0.0874. The van der Waals surface area contributed by atoms with Crippen molar-refractivity contribution in [3.05, 3.63) is 23.2 Å². The van der Waals surface area contributed by atoms with Crippen molar-refractivity contribution in [1.29, 1.82) is 0 Å². The minimum atomic E-state index is -0.572. The highest BCUT2D eigenvalue weighted by molar-refractivity contribution is 7.13. The average molecular weight is 339 g/mol. The van der Waals surface area contributed by atoms with Gasteiger partial charge in [-0.05, 0) is 20.8 Å². The summed E-state index contributed by atoms with van der Waals surface area (Å²) in [6.07, 6.45) is 0.853. The molecule has 0 spiro atoms. The number of nitrogens with zero attached hydrogens (tertiary/aromatic N) is 2. The molecule has 9 heteroatoms. The van der Waals surface area contributed by atoms with Gasteiger partial charge in [-0.15, -0.1) is 11.3 Å². The van der Waals surface area contributed by atoms with Crippen LogP contribution in [0.15, 0.2) is 16.1 Å². The molecule has 0 aliphatic carbocycles. The first-order valence-corrected chi connectivity index (χ1v) is 7.62. The lowest BCUT2D eigenvalue weighted by molar-refractivity contribution is 0.0517. The second-order valence-corrected chi connectivity index (χ2v) is 6.37. The summed E-state index contributed by atoms with van der Waals surface area (Å²) in [7, 11) is 1.29. The van der Waals surface area contributed by atoms with E-state index in [9.17, 15) is 9.59 Å². The molecule has 0 fully saturated rings. The van der Waals surface area contributed by atoms with E-state index in [1.807, 2.05) is 0 Å². The largest absolute Gasteiger partial charge is 0.464 e. The summed E-state index contributed by atoms with van der Waals surface area (Å²) >= 11 is 1.25. The summed E-state index contributed by atoms with van der Waals surface area (Å²) in [4.78, 5) is 31.3. The van der Waals surface area contributed by atoms with Gasteiger partial charge in [-0.3, -0.25) is 0 Å². The number of amides is 1. The summed E-state index contributed by atoms with van der Waals surface area (Å²) < 4.78 is 15.0. The van der Waals surface area contributed by atoms with Gasteiger partial charge in [0.2, 0.25) is 5.89 Å². The van der Waals surface area contributed by atoms with Crippen LogP contribution >= 0.6 is 11.3 Å². The van der Waals surface area contributed by atoms with Crippen molar-refractivity contribution in [3.8, 4) is 10.7 Å². The van der Waals surface area contributed by atoms with Crippen molar-refractivity contribution in [2.24, 2.45) is 0 Å². The summed E-state index contributed by atoms with van der Waals surface area (Å²) in [5, 5.41) is 4.65. The Morgan fingerprint density at radius 3 is 2.74 bits per heavy atom. The highest BCUT2D eigenvalue weighted by Crippen LogP contribution is 2.23. The highest BCUT2D eigenvalue weighted by Gasteiger charge is 2.18. The van der Waals surface area contributed by atoms with Crippen molar-refractivity contribution in [1.82, 2.24) is 15.3 Å². The van der Waals surface area contributed by atoms with E-state index in [1.165, 1.54) is 24.7 Å². The van der Waals surface area contributed by atoms with E-state index < -0.39 is 17.7 Å². The number of hydrogen-bond donors (Lipinski definition) is 1. The lowest BCUT2D eigenvalue weighted by Crippen LogP contribution is -2.32. The van der Waals surface area contributed by atoms with Gasteiger partial charge in [-0.1, -0.05) is 0 Å². The van der Waals surface area contributed by atoms with Gasteiger partial charge in [0.15, 0.2) is 5.69 Å². The standard InChI is InChI=1S/C14H17N3O5S/c1-14(2,3)22-13(19)15-5-10-16-8(6-21-10)11-17-9(7-23-11)12(18)20-4/h6-7H,5H2,1-4H3,(H,15,19). The zero-order valence-electron chi connectivity index (χ0n) is 13.2. The highest BCUT2D eigenvalue weighted by atomic mass is 32.1. The first kappa shape index (κ1) is 16.9. The van der Waals surface area contributed by atoms with Crippen LogP contribution in [0.4, 0.5) is 4.79 Å². The molecule has 0 bridgehead atoms. The van der Waals surface area contributed by atoms with Gasteiger partial charge in [-0.2, -0.15) is 0 Å². The fourth-order valence-electron chi connectivity index (χ4n) is 1.54. The molecule has 0 aliphatic heterocycles. The zero-order valence-corrected chi connectivity index (χ0v) is 14.0. The molecule has 2 heterocycles. The van der Waals surface area contributed by atoms with Gasteiger partial charge in [0.25, 0.3) is 0 Å². The monoisotopic (exact) mass is 339 g/mol. The topological polar surface area (TPSA) is 104 Å². The number of hydrogen-bond acceptors (Lipinski definition) is 8. The number of alkyl carbamates (subject to hydrolysis) is 1. The van der Waals surface area contributed by atoms with E-state index in [1.54, 1.807) is 26.2 Å². The second kappa shape index (κ2) is 6.78. The van der Waals surface area contributed by atoms with E-state index in [0.717, 1.165) is 0 Å². The summed E-state index contributed by atoms with van der Waals surface area (Å²) in [5.41, 5.74) is 0.117. The van der Waals surface area contributed by atoms with E-state index in [-0.39, 0.29) is 12.2 Å². The van der Waals surface area contributed by atoms with Crippen LogP contribution in [0.2, 0.25) is 0 Å². The normalized spacial score (nSPS) is 11.1. The van der Waals surface area contributed by atoms with Crippen LogP contribution in [-0.4, -0.2) is 34.7 Å². The molecule has 0 unspecified atom stereocenters. The van der Waals surface area contributed by atoms with Gasteiger partial charge in [0.1, 0.15) is 22.6 Å². The first-order valence-electron chi connectivity index (χ1n) is 6.74. The molecule has 0 aliphatic rings. The smallest absolute Gasteiger partial charge is 0.408 e. The Morgan fingerprint density at radius 1 is 1.35 bits per heavy atom. The Labute approximate surface area is 136 Å². The first-order chi connectivity index (χ1) is 10.8. The molecule has 0 saturated heterocycles. The Kier molecular flexibility index (Phi) is 4.99. The number of esters is 1. The van der Waals surface area contributed by atoms with Crippen LogP contribution in [0.3, 0.4) is 0 Å². The molecule has 1 amide bonds. The fraction of sp³-hybridized carbons (Fsp3) is 0.429. The molecule has 23 heavy (non-hydrogen) atoms. The summed E-state index contributed by atoms with van der Waals surface area (Å²) in [5.74, 6) is -0.205. The predicted octanol–water partition coefficient (Wildman–Crippen LogP) is 2.61. The van der Waals surface area contributed by atoms with E-state index in [2.05, 4.69) is 20.0 Å². The van der Waals surface area contributed by atoms with E-state index in [0.29, 0.717) is 16.6 Å². The third-order valence-corrected chi connectivity index (χ3v) is 3.32. The second-order valence-electron chi connectivity index (χ2n) is 5.51. The maximum atomic E-state index is 11.6. The number of carbonyl (C=O) groups is 2. The number of ether oxygens (including phenoxy) is 2. The fourth-order valence-corrected chi connectivity index (χ4v) is 2.28. The summed E-state index contributed by atoms with van der Waals surface area (Å²) in [6, 6.07) is 0. The molecular weight excluding hydrogens is 322 g/mol. The van der Waals surface area contributed by atoms with E-state index >= 15 is 0 Å². The number of oxazole rings is 1. The Bertz CT molecular complexity index is 701. The summed E-state index contributed by atoms with van der Waals surface area (Å²) in [6.45, 7) is 5.41. The van der Waals surface area contributed by atoms with Crippen molar-refractivity contribution in [2.75, 3.05) is 7.11 Å². The van der Waals surface area contributed by atoms with Gasteiger partial charge in [0, 0.05) is 5.38 Å². The molecule has 0 aromatic carbocycles. The molecule has 0 saturated carbocycles. The third-order valence-electron chi connectivity index (χ3n) is 2.45. The molecule has 0 radical (unpaired) electrons. The maximum Gasteiger partial charge on any atom is 0.408 e. The van der Waals surface area contributed by atoms with Crippen LogP contribution in [0, 0.1) is 0 Å². The molecule has 0 atom stereocenters. The Hall–Kier alpha value is -2.42. The van der Waals surface area contributed by atoms with Crippen LogP contribution in [-0.2, 0) is 16.0 Å². The lowest BCUT2D eigenvalue weighted by atomic mass is 10.2. The SMILES string of the molecule is COC(=O)c1csc(-c2coc(CNC(=O)OC(C)(C)C)n2)n1. The molecule has 2 rings (SSSR count). The van der Waals surface area contributed by atoms with Gasteiger partial charge in [-0.25, -0.2) is 19.6 Å². The van der Waals surface area contributed by atoms with Crippen LogP contribution < -0.4 is 5.32 Å². The average Bonchev–Trinajstić information content (AvgIpc) is 3.11. The molecular formula is C14H17N3O5S. The van der Waals surface area contributed by atoms with Crippen LogP contribution in [0.1, 0.15) is 37.2 Å². The molecule has 124 valence electrons. The molecule has 2 aromatic heterocycles. The number of aromatic nitrogens is 2. The van der Waals surface area contributed by atoms with Crippen LogP contribution in [0.25, 0.3) is 10.7 Å². The van der Waals surface area contributed by atoms with Gasteiger partial charge in [0.05, 0.1) is 13.7 Å². The van der Waals surface area contributed by atoms with E-state index in [4.69, 9.17) is 9.15 Å². The molecule has 8 nitrogen and oxygen atoms in total. The lowest BCUT2D eigenvalue weighted by Gasteiger charge is -2.19. The van der Waals surface area contributed by atoms with Crippen molar-refractivity contribution < 1.29 is 23.5 Å².